The van der Waals surface area contributed by atoms with E-state index in [0.29, 0.717) is 4.90 Å². The molecule has 1 aromatic heterocycles. The molecule has 0 atom stereocenters. The van der Waals surface area contributed by atoms with E-state index in [1.807, 2.05) is 19.3 Å². The van der Waals surface area contributed by atoms with Crippen molar-refractivity contribution in [3.8, 4) is 0 Å². The molecule has 6 nitrogen and oxygen atoms in total. The summed E-state index contributed by atoms with van der Waals surface area (Å²) in [5.74, 6) is 0. The summed E-state index contributed by atoms with van der Waals surface area (Å²) >= 11 is 0. The largest absolute Gasteiger partial charge is 0.385 e. The third-order valence-corrected chi connectivity index (χ3v) is 4.94. The Morgan fingerprint density at radius 2 is 1.86 bits per heavy atom. The van der Waals surface area contributed by atoms with Gasteiger partial charge >= 0.3 is 0 Å². The van der Waals surface area contributed by atoms with Crippen molar-refractivity contribution in [2.75, 3.05) is 26.0 Å². The Morgan fingerprint density at radius 3 is 2.38 bits per heavy atom. The van der Waals surface area contributed by atoms with Gasteiger partial charge < -0.3 is 5.32 Å². The Bertz CT molecular complexity index is 690. The molecule has 0 aliphatic heterocycles. The number of nitrogens with zero attached hydrogens (tertiary/aromatic N) is 3. The highest BCUT2D eigenvalue weighted by atomic mass is 32.2. The average Bonchev–Trinajstić information content (AvgIpc) is 2.85. The van der Waals surface area contributed by atoms with Crippen LogP contribution in [0.5, 0.6) is 0 Å². The molecule has 1 aromatic carbocycles. The van der Waals surface area contributed by atoms with Crippen molar-refractivity contribution in [3.05, 3.63) is 42.2 Å². The molecule has 0 fully saturated rings. The maximum absolute atomic E-state index is 11.9. The molecule has 0 amide bonds. The second kappa shape index (κ2) is 6.28. The zero-order chi connectivity index (χ0) is 15.5. The molecule has 1 N–H and O–H groups in total. The number of anilines is 1. The summed E-state index contributed by atoms with van der Waals surface area (Å²) in [4.78, 5) is 0.294. The van der Waals surface area contributed by atoms with Crippen LogP contribution in [0.2, 0.25) is 0 Å². The summed E-state index contributed by atoms with van der Waals surface area (Å²) in [6.45, 7) is 0.747. The van der Waals surface area contributed by atoms with Gasteiger partial charge in [0.25, 0.3) is 0 Å². The molecule has 0 unspecified atom stereocenters. The van der Waals surface area contributed by atoms with Crippen LogP contribution >= 0.6 is 0 Å². The number of hydrogen-bond donors (Lipinski definition) is 1. The summed E-state index contributed by atoms with van der Waals surface area (Å²) in [6.07, 6.45) is 2.73. The number of nitrogens with one attached hydrogen (secondary N) is 1. The SMILES string of the molecule is CN(C)S(=O)(=O)c1ccc(NCCc2ccn(C)n2)cc1. The Morgan fingerprint density at radius 1 is 1.19 bits per heavy atom. The monoisotopic (exact) mass is 308 g/mol. The van der Waals surface area contributed by atoms with E-state index in [1.165, 1.54) is 18.4 Å². The van der Waals surface area contributed by atoms with Crippen LogP contribution in [0.15, 0.2) is 41.4 Å². The lowest BCUT2D eigenvalue weighted by molar-refractivity contribution is 0.521. The number of benzene rings is 1. The predicted octanol–water partition coefficient (Wildman–Crippen LogP) is 1.32. The quantitative estimate of drug-likeness (QED) is 0.874. The van der Waals surface area contributed by atoms with Gasteiger partial charge in [0.15, 0.2) is 0 Å². The first-order valence-corrected chi connectivity index (χ1v) is 8.08. The number of rotatable bonds is 6. The van der Waals surface area contributed by atoms with Crippen LogP contribution in [0.4, 0.5) is 5.69 Å². The molecule has 21 heavy (non-hydrogen) atoms. The van der Waals surface area contributed by atoms with Gasteiger partial charge in [-0.1, -0.05) is 0 Å². The van der Waals surface area contributed by atoms with Crippen molar-refractivity contribution >= 4 is 15.7 Å². The lowest BCUT2D eigenvalue weighted by Gasteiger charge is -2.12. The van der Waals surface area contributed by atoms with E-state index in [0.717, 1.165) is 24.3 Å². The van der Waals surface area contributed by atoms with E-state index in [1.54, 1.807) is 28.9 Å². The van der Waals surface area contributed by atoms with Gasteiger partial charge in [-0.3, -0.25) is 4.68 Å². The number of aryl methyl sites for hydroxylation is 1. The molecular formula is C14H20N4O2S. The van der Waals surface area contributed by atoms with E-state index in [4.69, 9.17) is 0 Å². The van der Waals surface area contributed by atoms with Crippen LogP contribution in [0.3, 0.4) is 0 Å². The third-order valence-electron chi connectivity index (χ3n) is 3.11. The molecule has 114 valence electrons. The summed E-state index contributed by atoms with van der Waals surface area (Å²) in [5.41, 5.74) is 1.92. The van der Waals surface area contributed by atoms with E-state index in [9.17, 15) is 8.42 Å². The molecule has 0 saturated carbocycles. The molecule has 7 heteroatoms. The average molecular weight is 308 g/mol. The number of aromatic nitrogens is 2. The van der Waals surface area contributed by atoms with Crippen LogP contribution < -0.4 is 5.32 Å². The van der Waals surface area contributed by atoms with Gasteiger partial charge in [0.05, 0.1) is 10.6 Å². The van der Waals surface area contributed by atoms with E-state index >= 15 is 0 Å². The van der Waals surface area contributed by atoms with E-state index in [-0.39, 0.29) is 0 Å². The molecule has 0 aliphatic carbocycles. The first kappa shape index (κ1) is 15.5. The molecule has 2 aromatic rings. The van der Waals surface area contributed by atoms with Crippen molar-refractivity contribution in [2.24, 2.45) is 7.05 Å². The van der Waals surface area contributed by atoms with Crippen LogP contribution in [0.1, 0.15) is 5.69 Å². The highest BCUT2D eigenvalue weighted by molar-refractivity contribution is 7.89. The Kier molecular flexibility index (Phi) is 4.64. The summed E-state index contributed by atoms with van der Waals surface area (Å²) in [7, 11) is 1.57. The molecule has 1 heterocycles. The molecule has 2 rings (SSSR count). The zero-order valence-corrected chi connectivity index (χ0v) is 13.3. The standard InChI is InChI=1S/C14H20N4O2S/c1-17(2)21(19,20)14-6-4-12(5-7-14)15-10-8-13-9-11-18(3)16-13/h4-7,9,11,15H,8,10H2,1-3H3. The van der Waals surface area contributed by atoms with Crippen molar-refractivity contribution in [1.29, 1.82) is 0 Å². The molecule has 0 spiro atoms. The van der Waals surface area contributed by atoms with Gasteiger partial charge in [-0.15, -0.1) is 0 Å². The smallest absolute Gasteiger partial charge is 0.242 e. The minimum absolute atomic E-state index is 0.294. The fraction of sp³-hybridized carbons (Fsp3) is 0.357. The van der Waals surface area contributed by atoms with Gasteiger partial charge in [-0.05, 0) is 30.3 Å². The van der Waals surface area contributed by atoms with E-state index in [2.05, 4.69) is 10.4 Å². The van der Waals surface area contributed by atoms with E-state index < -0.39 is 10.0 Å². The Hall–Kier alpha value is -1.86. The fourth-order valence-electron chi connectivity index (χ4n) is 1.89. The summed E-state index contributed by atoms with van der Waals surface area (Å²) in [5, 5.41) is 7.55. The van der Waals surface area contributed by atoms with Crippen LogP contribution in [0, 0.1) is 0 Å². The summed E-state index contributed by atoms with van der Waals surface area (Å²) < 4.78 is 26.9. The summed E-state index contributed by atoms with van der Waals surface area (Å²) in [6, 6.07) is 8.74. The molecule has 0 saturated heterocycles. The third kappa shape index (κ3) is 3.83. The number of hydrogen-bond acceptors (Lipinski definition) is 4. The van der Waals surface area contributed by atoms with Crippen molar-refractivity contribution in [1.82, 2.24) is 14.1 Å². The lowest BCUT2D eigenvalue weighted by atomic mass is 10.3. The van der Waals surface area contributed by atoms with Crippen LogP contribution in [-0.2, 0) is 23.5 Å². The minimum atomic E-state index is -3.36. The van der Waals surface area contributed by atoms with Crippen molar-refractivity contribution < 1.29 is 8.42 Å². The van der Waals surface area contributed by atoms with Crippen molar-refractivity contribution in [3.63, 3.8) is 0 Å². The normalized spacial score (nSPS) is 11.8. The Labute approximate surface area is 125 Å². The Balaban J connectivity index is 1.94. The van der Waals surface area contributed by atoms with Crippen LogP contribution in [0.25, 0.3) is 0 Å². The van der Waals surface area contributed by atoms with Crippen molar-refractivity contribution in [2.45, 2.75) is 11.3 Å². The maximum atomic E-state index is 11.9. The molecule has 0 bridgehead atoms. The minimum Gasteiger partial charge on any atom is -0.385 e. The first-order valence-electron chi connectivity index (χ1n) is 6.64. The van der Waals surface area contributed by atoms with Gasteiger partial charge in [-0.25, -0.2) is 12.7 Å². The fourth-order valence-corrected chi connectivity index (χ4v) is 2.79. The molecule has 0 aliphatic rings. The second-order valence-corrected chi connectivity index (χ2v) is 7.12. The first-order chi connectivity index (χ1) is 9.89. The zero-order valence-electron chi connectivity index (χ0n) is 12.4. The predicted molar refractivity (Wildman–Crippen MR) is 82.7 cm³/mol. The maximum Gasteiger partial charge on any atom is 0.242 e. The topological polar surface area (TPSA) is 67.2 Å². The molecular weight excluding hydrogens is 288 g/mol. The highest BCUT2D eigenvalue weighted by Crippen LogP contribution is 2.16. The second-order valence-electron chi connectivity index (χ2n) is 4.97. The molecule has 0 radical (unpaired) electrons. The lowest BCUT2D eigenvalue weighted by Crippen LogP contribution is -2.22. The van der Waals surface area contributed by atoms with Gasteiger partial charge in [0.2, 0.25) is 10.0 Å². The van der Waals surface area contributed by atoms with Gasteiger partial charge in [-0.2, -0.15) is 5.10 Å². The highest BCUT2D eigenvalue weighted by Gasteiger charge is 2.16. The van der Waals surface area contributed by atoms with Crippen LogP contribution in [-0.4, -0.2) is 43.1 Å². The van der Waals surface area contributed by atoms with Gasteiger partial charge in [0.1, 0.15) is 0 Å². The van der Waals surface area contributed by atoms with Gasteiger partial charge in [0, 0.05) is 46.0 Å². The number of sulfonamides is 1.